The summed E-state index contributed by atoms with van der Waals surface area (Å²) in [6.07, 6.45) is 3.80. The van der Waals surface area contributed by atoms with Crippen molar-refractivity contribution in [3.63, 3.8) is 0 Å². The van der Waals surface area contributed by atoms with Crippen molar-refractivity contribution < 1.29 is 4.52 Å². The molecule has 0 spiro atoms. The Labute approximate surface area is 146 Å². The van der Waals surface area contributed by atoms with Gasteiger partial charge in [0, 0.05) is 24.0 Å². The Kier molecular flexibility index (Phi) is 4.76. The first-order chi connectivity index (χ1) is 11.4. The van der Waals surface area contributed by atoms with Gasteiger partial charge >= 0.3 is 0 Å². The van der Waals surface area contributed by atoms with Gasteiger partial charge in [-0.3, -0.25) is 4.57 Å². The van der Waals surface area contributed by atoms with Gasteiger partial charge in [-0.25, -0.2) is 4.98 Å². The van der Waals surface area contributed by atoms with Gasteiger partial charge in [0.15, 0.2) is 11.0 Å². The molecule has 1 unspecified atom stereocenters. The van der Waals surface area contributed by atoms with E-state index in [-0.39, 0.29) is 11.2 Å². The fourth-order valence-corrected chi connectivity index (χ4v) is 3.43. The fourth-order valence-electron chi connectivity index (χ4n) is 2.52. The molecule has 3 aromatic rings. The summed E-state index contributed by atoms with van der Waals surface area (Å²) in [4.78, 5) is 8.98. The molecule has 0 aliphatic heterocycles. The largest absolute Gasteiger partial charge is 0.338 e. The number of aromatic nitrogens is 4. The van der Waals surface area contributed by atoms with Gasteiger partial charge < -0.3 is 4.52 Å². The third-order valence-corrected chi connectivity index (χ3v) is 4.76. The molecule has 1 aromatic carbocycles. The highest BCUT2D eigenvalue weighted by molar-refractivity contribution is 7.99. The summed E-state index contributed by atoms with van der Waals surface area (Å²) in [5, 5.41) is 5.00. The Morgan fingerprint density at radius 2 is 1.79 bits per heavy atom. The summed E-state index contributed by atoms with van der Waals surface area (Å²) >= 11 is 1.62. The van der Waals surface area contributed by atoms with Crippen LogP contribution in [0.1, 0.15) is 54.8 Å². The maximum absolute atomic E-state index is 5.40. The standard InChI is InChI=1S/C18H22N4OS/c1-11(2)16-20-17(23-21-16)14(5)24-18-19-6-7-22(18)15-9-12(3)8-13(4)10-15/h6-11,14H,1-5H3. The summed E-state index contributed by atoms with van der Waals surface area (Å²) in [7, 11) is 0. The lowest BCUT2D eigenvalue weighted by atomic mass is 10.1. The second-order valence-corrected chi connectivity index (χ2v) is 7.64. The van der Waals surface area contributed by atoms with Crippen LogP contribution in [0, 0.1) is 13.8 Å². The van der Waals surface area contributed by atoms with E-state index in [1.165, 1.54) is 11.1 Å². The molecule has 3 rings (SSSR count). The van der Waals surface area contributed by atoms with E-state index in [0.29, 0.717) is 5.89 Å². The highest BCUT2D eigenvalue weighted by Crippen LogP contribution is 2.34. The second kappa shape index (κ2) is 6.81. The highest BCUT2D eigenvalue weighted by atomic mass is 32.2. The predicted molar refractivity (Wildman–Crippen MR) is 95.7 cm³/mol. The van der Waals surface area contributed by atoms with Crippen LogP contribution in [-0.2, 0) is 0 Å². The Hall–Kier alpha value is -2.08. The van der Waals surface area contributed by atoms with Gasteiger partial charge in [0.1, 0.15) is 0 Å². The normalized spacial score (nSPS) is 12.8. The third kappa shape index (κ3) is 3.53. The highest BCUT2D eigenvalue weighted by Gasteiger charge is 2.19. The fraction of sp³-hybridized carbons (Fsp3) is 0.389. The molecule has 126 valence electrons. The first-order valence-electron chi connectivity index (χ1n) is 8.06. The number of aryl methyl sites for hydroxylation is 2. The molecule has 0 amide bonds. The molecule has 2 heterocycles. The van der Waals surface area contributed by atoms with Crippen LogP contribution in [0.5, 0.6) is 0 Å². The van der Waals surface area contributed by atoms with Crippen molar-refractivity contribution in [2.24, 2.45) is 0 Å². The molecule has 0 fully saturated rings. The first kappa shape index (κ1) is 16.8. The van der Waals surface area contributed by atoms with Crippen molar-refractivity contribution in [2.45, 2.75) is 50.9 Å². The summed E-state index contributed by atoms with van der Waals surface area (Å²) in [6.45, 7) is 10.4. The number of imidazole rings is 1. The minimum atomic E-state index is 0.0389. The molecule has 2 aromatic heterocycles. The third-order valence-electron chi connectivity index (χ3n) is 3.70. The lowest BCUT2D eigenvalue weighted by Crippen LogP contribution is -1.99. The van der Waals surface area contributed by atoms with Gasteiger partial charge in [-0.2, -0.15) is 4.98 Å². The van der Waals surface area contributed by atoms with Crippen molar-refractivity contribution in [2.75, 3.05) is 0 Å². The van der Waals surface area contributed by atoms with E-state index in [1.54, 1.807) is 11.8 Å². The molecule has 0 bridgehead atoms. The molecular formula is C18H22N4OS. The molecule has 0 saturated heterocycles. The topological polar surface area (TPSA) is 56.7 Å². The number of benzene rings is 1. The van der Waals surface area contributed by atoms with E-state index in [1.807, 2.05) is 12.4 Å². The van der Waals surface area contributed by atoms with Crippen molar-refractivity contribution in [3.05, 3.63) is 53.4 Å². The Morgan fingerprint density at radius 1 is 1.08 bits per heavy atom. The van der Waals surface area contributed by atoms with Crippen LogP contribution < -0.4 is 0 Å². The van der Waals surface area contributed by atoms with Gasteiger partial charge in [-0.05, 0) is 44.0 Å². The molecule has 0 aliphatic rings. The first-order valence-corrected chi connectivity index (χ1v) is 8.94. The van der Waals surface area contributed by atoms with E-state index in [2.05, 4.69) is 72.5 Å². The summed E-state index contributed by atoms with van der Waals surface area (Å²) in [6, 6.07) is 6.49. The molecular weight excluding hydrogens is 320 g/mol. The quantitative estimate of drug-likeness (QED) is 0.620. The van der Waals surface area contributed by atoms with Crippen molar-refractivity contribution >= 4 is 11.8 Å². The van der Waals surface area contributed by atoms with Crippen molar-refractivity contribution in [1.82, 2.24) is 19.7 Å². The van der Waals surface area contributed by atoms with Crippen LogP contribution >= 0.6 is 11.8 Å². The van der Waals surface area contributed by atoms with E-state index in [9.17, 15) is 0 Å². The molecule has 0 aliphatic carbocycles. The van der Waals surface area contributed by atoms with Crippen molar-refractivity contribution in [1.29, 1.82) is 0 Å². The van der Waals surface area contributed by atoms with Gasteiger partial charge in [0.2, 0.25) is 5.89 Å². The van der Waals surface area contributed by atoms with E-state index >= 15 is 0 Å². The number of hydrogen-bond donors (Lipinski definition) is 0. The van der Waals surface area contributed by atoms with Crippen LogP contribution in [-0.4, -0.2) is 19.7 Å². The zero-order valence-corrected chi connectivity index (χ0v) is 15.5. The van der Waals surface area contributed by atoms with Gasteiger partial charge in [-0.1, -0.05) is 36.8 Å². The van der Waals surface area contributed by atoms with Crippen LogP contribution in [0.4, 0.5) is 0 Å². The Morgan fingerprint density at radius 3 is 2.42 bits per heavy atom. The van der Waals surface area contributed by atoms with Crippen LogP contribution in [0.15, 0.2) is 40.3 Å². The number of nitrogens with zero attached hydrogens (tertiary/aromatic N) is 4. The van der Waals surface area contributed by atoms with Crippen molar-refractivity contribution in [3.8, 4) is 5.69 Å². The average Bonchev–Trinajstić information content (AvgIpc) is 3.15. The van der Waals surface area contributed by atoms with Gasteiger partial charge in [-0.15, -0.1) is 0 Å². The van der Waals surface area contributed by atoms with E-state index in [0.717, 1.165) is 16.7 Å². The summed E-state index contributed by atoms with van der Waals surface area (Å²) < 4.78 is 7.50. The Bertz CT molecular complexity index is 817. The zero-order chi connectivity index (χ0) is 17.3. The molecule has 0 saturated carbocycles. The average molecular weight is 342 g/mol. The summed E-state index contributed by atoms with van der Waals surface area (Å²) in [5.74, 6) is 1.64. The summed E-state index contributed by atoms with van der Waals surface area (Å²) in [5.41, 5.74) is 3.59. The lowest BCUT2D eigenvalue weighted by molar-refractivity contribution is 0.373. The second-order valence-electron chi connectivity index (χ2n) is 6.33. The lowest BCUT2D eigenvalue weighted by Gasteiger charge is -2.11. The van der Waals surface area contributed by atoms with Gasteiger partial charge in [0.05, 0.1) is 5.25 Å². The van der Waals surface area contributed by atoms with E-state index < -0.39 is 0 Å². The molecule has 0 radical (unpaired) electrons. The molecule has 24 heavy (non-hydrogen) atoms. The minimum absolute atomic E-state index is 0.0389. The maximum Gasteiger partial charge on any atom is 0.239 e. The predicted octanol–water partition coefficient (Wildman–Crippen LogP) is 4.85. The van der Waals surface area contributed by atoms with Crippen LogP contribution in [0.3, 0.4) is 0 Å². The van der Waals surface area contributed by atoms with Gasteiger partial charge in [0.25, 0.3) is 0 Å². The molecule has 6 heteroatoms. The molecule has 0 N–H and O–H groups in total. The molecule has 1 atom stereocenters. The van der Waals surface area contributed by atoms with E-state index in [4.69, 9.17) is 4.52 Å². The zero-order valence-electron chi connectivity index (χ0n) is 14.6. The monoisotopic (exact) mass is 342 g/mol. The smallest absolute Gasteiger partial charge is 0.239 e. The number of hydrogen-bond acceptors (Lipinski definition) is 5. The number of rotatable bonds is 5. The van der Waals surface area contributed by atoms with Crippen LogP contribution in [0.2, 0.25) is 0 Å². The van der Waals surface area contributed by atoms with Crippen LogP contribution in [0.25, 0.3) is 5.69 Å². The Balaban J connectivity index is 1.84. The molecule has 5 nitrogen and oxygen atoms in total. The maximum atomic E-state index is 5.40. The minimum Gasteiger partial charge on any atom is -0.338 e. The SMILES string of the molecule is Cc1cc(C)cc(-n2ccnc2SC(C)c2nc(C(C)C)no2)c1. The number of thioether (sulfide) groups is 1.